The van der Waals surface area contributed by atoms with Crippen molar-refractivity contribution < 1.29 is 41.8 Å². The van der Waals surface area contributed by atoms with E-state index in [9.17, 15) is 22.8 Å². The second-order valence-electron chi connectivity index (χ2n) is 10.7. The van der Waals surface area contributed by atoms with Crippen LogP contribution >= 0.6 is 0 Å². The minimum absolute atomic E-state index is 0.0129. The molecule has 0 spiro atoms. The number of carbonyl (C=O) groups excluding carboxylic acids is 3. The molecule has 1 aromatic heterocycles. The topological polar surface area (TPSA) is 152 Å². The Morgan fingerprint density at radius 2 is 1.79 bits per heavy atom. The van der Waals surface area contributed by atoms with Gasteiger partial charge < -0.3 is 23.6 Å². The van der Waals surface area contributed by atoms with Crippen LogP contribution in [0.5, 0.6) is 0 Å². The molecule has 244 valence electrons. The van der Waals surface area contributed by atoms with Gasteiger partial charge in [0, 0.05) is 54.4 Å². The summed E-state index contributed by atoms with van der Waals surface area (Å²) in [6.45, 7) is 3.20. The number of nitrogens with zero attached hydrogens (tertiary/aromatic N) is 2. The van der Waals surface area contributed by atoms with Gasteiger partial charge in [-0.3, -0.25) is 9.52 Å². The number of rotatable bonds is 12. The molecule has 0 aliphatic carbocycles. The van der Waals surface area contributed by atoms with Crippen LogP contribution in [0.3, 0.4) is 0 Å². The largest absolute Gasteiger partial charge is 0.467 e. The monoisotopic (exact) mass is 659 g/mol. The highest BCUT2D eigenvalue weighted by atomic mass is 32.2. The molecule has 3 aromatic carbocycles. The fraction of sp³-hybridized carbons (Fsp3) is 0.235. The second kappa shape index (κ2) is 14.0. The molecule has 47 heavy (non-hydrogen) atoms. The lowest BCUT2D eigenvalue weighted by atomic mass is 10.0. The van der Waals surface area contributed by atoms with E-state index >= 15 is 0 Å². The van der Waals surface area contributed by atoms with Crippen molar-refractivity contribution in [1.29, 1.82) is 0 Å². The average molecular weight is 660 g/mol. The molecule has 0 saturated heterocycles. The molecule has 0 fully saturated rings. The van der Waals surface area contributed by atoms with Crippen LogP contribution in [0.2, 0.25) is 0 Å². The van der Waals surface area contributed by atoms with E-state index < -0.39 is 40.1 Å². The Morgan fingerprint density at radius 3 is 2.49 bits per heavy atom. The van der Waals surface area contributed by atoms with Gasteiger partial charge in [-0.15, -0.1) is 0 Å². The highest BCUT2D eigenvalue weighted by molar-refractivity contribution is 7.92. The molecule has 0 saturated carbocycles. The van der Waals surface area contributed by atoms with Crippen molar-refractivity contribution in [2.75, 3.05) is 25.5 Å². The highest BCUT2D eigenvalue weighted by Gasteiger charge is 2.28. The number of fused-ring (bicyclic) bond motifs is 1. The standard InChI is InChI=1S/C34H33N3O9S/c1-21(33(39)44-4)37-20-25(28-10-5-6-11-30(28)37)19-29-32(35-46-34(29)40)23-12-14-27(15-13-23)47(41,42)36-26-9-7-8-24(18-26)31(43-3)16-17-45-22(2)38/h5-15,18-21,31,36H,16-17H2,1-4H3. The zero-order chi connectivity index (χ0) is 33.7. The number of carbonyl (C=O) groups is 3. The number of ether oxygens (including phenoxy) is 3. The molecular weight excluding hydrogens is 626 g/mol. The minimum Gasteiger partial charge on any atom is -0.467 e. The summed E-state index contributed by atoms with van der Waals surface area (Å²) >= 11 is 0. The highest BCUT2D eigenvalue weighted by Crippen LogP contribution is 2.30. The molecule has 0 radical (unpaired) electrons. The van der Waals surface area contributed by atoms with Gasteiger partial charge in [-0.05, 0) is 48.9 Å². The number of hydrogen-bond donors (Lipinski definition) is 1. The van der Waals surface area contributed by atoms with Crippen molar-refractivity contribution in [3.63, 3.8) is 0 Å². The number of oxime groups is 1. The lowest BCUT2D eigenvalue weighted by Gasteiger charge is -2.17. The minimum atomic E-state index is -4.00. The summed E-state index contributed by atoms with van der Waals surface area (Å²) in [5.74, 6) is -1.48. The smallest absolute Gasteiger partial charge is 0.368 e. The van der Waals surface area contributed by atoms with Crippen molar-refractivity contribution in [2.45, 2.75) is 37.3 Å². The zero-order valence-electron chi connectivity index (χ0n) is 26.1. The number of benzene rings is 3. The van der Waals surface area contributed by atoms with Crippen molar-refractivity contribution in [1.82, 2.24) is 4.57 Å². The van der Waals surface area contributed by atoms with Crippen LogP contribution in [0.25, 0.3) is 17.0 Å². The van der Waals surface area contributed by atoms with Gasteiger partial charge >= 0.3 is 17.9 Å². The predicted molar refractivity (Wildman–Crippen MR) is 174 cm³/mol. The van der Waals surface area contributed by atoms with Crippen molar-refractivity contribution in [3.05, 3.63) is 101 Å². The third kappa shape index (κ3) is 7.26. The van der Waals surface area contributed by atoms with E-state index in [1.54, 1.807) is 48.0 Å². The molecule has 4 aromatic rings. The molecule has 2 heterocycles. The Hall–Kier alpha value is -5.27. The van der Waals surface area contributed by atoms with Crippen LogP contribution in [-0.2, 0) is 43.5 Å². The first-order valence-electron chi connectivity index (χ1n) is 14.6. The Balaban J connectivity index is 1.37. The van der Waals surface area contributed by atoms with Gasteiger partial charge in [0.15, 0.2) is 0 Å². The van der Waals surface area contributed by atoms with Crippen molar-refractivity contribution in [3.8, 4) is 0 Å². The molecule has 13 heteroatoms. The van der Waals surface area contributed by atoms with Crippen molar-refractivity contribution in [2.24, 2.45) is 5.16 Å². The third-order valence-electron chi connectivity index (χ3n) is 7.64. The molecule has 12 nitrogen and oxygen atoms in total. The lowest BCUT2D eigenvalue weighted by molar-refractivity contribution is -0.144. The Labute approximate surface area is 271 Å². The van der Waals surface area contributed by atoms with E-state index in [-0.39, 0.29) is 22.8 Å². The molecule has 2 atom stereocenters. The predicted octanol–water partition coefficient (Wildman–Crippen LogP) is 5.16. The number of para-hydroxylation sites is 1. The molecule has 1 aliphatic rings. The summed E-state index contributed by atoms with van der Waals surface area (Å²) in [5, 5.41) is 4.76. The summed E-state index contributed by atoms with van der Waals surface area (Å²) in [4.78, 5) is 41.2. The normalized spacial score (nSPS) is 15.2. The van der Waals surface area contributed by atoms with Crippen LogP contribution in [0, 0.1) is 0 Å². The van der Waals surface area contributed by atoms with E-state index in [1.165, 1.54) is 45.4 Å². The third-order valence-corrected chi connectivity index (χ3v) is 9.04. The first kappa shape index (κ1) is 33.1. The van der Waals surface area contributed by atoms with Crippen molar-refractivity contribution >= 4 is 56.3 Å². The van der Waals surface area contributed by atoms with E-state index in [0.29, 0.717) is 28.8 Å². The van der Waals surface area contributed by atoms with Gasteiger partial charge in [0.05, 0.1) is 30.3 Å². The number of sulfonamides is 1. The van der Waals surface area contributed by atoms with Crippen LogP contribution in [0.1, 0.15) is 49.1 Å². The van der Waals surface area contributed by atoms with Crippen LogP contribution < -0.4 is 4.72 Å². The maximum atomic E-state index is 13.3. The molecule has 0 bridgehead atoms. The van der Waals surface area contributed by atoms with E-state index in [2.05, 4.69) is 9.88 Å². The number of nitrogens with one attached hydrogen (secondary N) is 1. The van der Waals surface area contributed by atoms with E-state index in [0.717, 1.165) is 10.9 Å². The molecule has 5 rings (SSSR count). The number of aromatic nitrogens is 1. The van der Waals surface area contributed by atoms with Gasteiger partial charge in [0.25, 0.3) is 10.0 Å². The molecule has 1 N–H and O–H groups in total. The summed E-state index contributed by atoms with van der Waals surface area (Å²) < 4.78 is 46.4. The fourth-order valence-electron chi connectivity index (χ4n) is 5.26. The van der Waals surface area contributed by atoms with Gasteiger partial charge in [0.2, 0.25) is 0 Å². The quantitative estimate of drug-likeness (QED) is 0.124. The average Bonchev–Trinajstić information content (AvgIpc) is 3.62. The molecular formula is C34H33N3O9S. The molecule has 2 unspecified atom stereocenters. The Kier molecular flexibility index (Phi) is 9.87. The first-order chi connectivity index (χ1) is 22.5. The maximum absolute atomic E-state index is 13.3. The summed E-state index contributed by atoms with van der Waals surface area (Å²) in [7, 11) is -1.15. The number of methoxy groups -OCH3 is 2. The van der Waals surface area contributed by atoms with Gasteiger partial charge in [-0.2, -0.15) is 0 Å². The zero-order valence-corrected chi connectivity index (χ0v) is 26.9. The van der Waals surface area contributed by atoms with E-state index in [1.807, 2.05) is 24.3 Å². The second-order valence-corrected chi connectivity index (χ2v) is 12.4. The maximum Gasteiger partial charge on any atom is 0.368 e. The lowest BCUT2D eigenvalue weighted by Crippen LogP contribution is -2.16. The summed E-state index contributed by atoms with van der Waals surface area (Å²) in [6, 6.07) is 19.5. The number of anilines is 1. The van der Waals surface area contributed by atoms with E-state index in [4.69, 9.17) is 19.0 Å². The summed E-state index contributed by atoms with van der Waals surface area (Å²) in [5.41, 5.74) is 3.33. The number of esters is 2. The van der Waals surface area contributed by atoms with Crippen LogP contribution in [-0.4, -0.2) is 57.4 Å². The van der Waals surface area contributed by atoms with Gasteiger partial charge in [0.1, 0.15) is 11.8 Å². The van der Waals surface area contributed by atoms with Crippen LogP contribution in [0.15, 0.2) is 94.6 Å². The first-order valence-corrected chi connectivity index (χ1v) is 16.1. The molecule has 1 aliphatic heterocycles. The van der Waals surface area contributed by atoms with Crippen LogP contribution in [0.4, 0.5) is 5.69 Å². The number of hydrogen-bond acceptors (Lipinski definition) is 10. The fourth-order valence-corrected chi connectivity index (χ4v) is 6.31. The SMILES string of the molecule is COC(=O)C(C)n1cc(C=C2C(=O)ON=C2c2ccc(S(=O)(=O)Nc3cccc(C(CCOC(C)=O)OC)c3)cc2)c2ccccc21. The summed E-state index contributed by atoms with van der Waals surface area (Å²) in [6.07, 6.45) is 3.38. The Morgan fingerprint density at radius 1 is 1.04 bits per heavy atom. The van der Waals surface area contributed by atoms with Gasteiger partial charge in [-0.1, -0.05) is 47.6 Å². The molecule has 0 amide bonds. The Bertz CT molecular complexity index is 2000. The van der Waals surface area contributed by atoms with Gasteiger partial charge in [-0.25, -0.2) is 18.0 Å².